The van der Waals surface area contributed by atoms with Crippen molar-refractivity contribution in [1.29, 1.82) is 0 Å². The number of rotatable bonds is 5. The Morgan fingerprint density at radius 2 is 2.12 bits per heavy atom. The number of carbonyl (C=O) groups excluding carboxylic acids is 1. The van der Waals surface area contributed by atoms with E-state index in [4.69, 9.17) is 0 Å². The molecule has 0 aliphatic rings. The minimum Gasteiger partial charge on any atom is -0.502 e. The number of para-hydroxylation sites is 1. The van der Waals surface area contributed by atoms with Crippen LogP contribution in [-0.2, 0) is 11.2 Å². The monoisotopic (exact) mass is 338 g/mol. The zero-order valence-electron chi connectivity index (χ0n) is 13.0. The van der Waals surface area contributed by atoms with Crippen LogP contribution in [0.3, 0.4) is 0 Å². The SMILES string of the molecule is O=C(Cc1c[nH]c2ccccc12)N/N=C/c1ccc([N+](=O)[O-])c(O)c1. The molecular formula is C17H14N4O4. The number of hydrogen-bond acceptors (Lipinski definition) is 5. The topological polar surface area (TPSA) is 121 Å². The molecule has 0 atom stereocenters. The quantitative estimate of drug-likeness (QED) is 0.376. The van der Waals surface area contributed by atoms with Crippen molar-refractivity contribution in [2.75, 3.05) is 0 Å². The number of nitrogens with zero attached hydrogens (tertiary/aromatic N) is 2. The fraction of sp³-hybridized carbons (Fsp3) is 0.0588. The van der Waals surface area contributed by atoms with Crippen LogP contribution in [-0.4, -0.2) is 27.1 Å². The van der Waals surface area contributed by atoms with Crippen LogP contribution in [0.15, 0.2) is 53.8 Å². The minimum atomic E-state index is -0.681. The fourth-order valence-corrected chi connectivity index (χ4v) is 2.44. The summed E-state index contributed by atoms with van der Waals surface area (Å²) in [6.07, 6.45) is 3.24. The number of hydrogen-bond donors (Lipinski definition) is 3. The normalized spacial score (nSPS) is 11.0. The van der Waals surface area contributed by atoms with Crippen molar-refractivity contribution in [1.82, 2.24) is 10.4 Å². The molecule has 25 heavy (non-hydrogen) atoms. The third-order valence-electron chi connectivity index (χ3n) is 3.62. The molecule has 0 saturated carbocycles. The molecule has 0 fully saturated rings. The first-order valence-corrected chi connectivity index (χ1v) is 7.39. The molecule has 0 aliphatic heterocycles. The number of nitro groups is 1. The van der Waals surface area contributed by atoms with Gasteiger partial charge in [-0.25, -0.2) is 5.43 Å². The molecule has 1 heterocycles. The Hall–Kier alpha value is -3.68. The summed E-state index contributed by atoms with van der Waals surface area (Å²) in [6.45, 7) is 0. The third-order valence-corrected chi connectivity index (χ3v) is 3.62. The lowest BCUT2D eigenvalue weighted by atomic mass is 10.1. The number of nitrogens with one attached hydrogen (secondary N) is 2. The zero-order valence-corrected chi connectivity index (χ0v) is 13.0. The summed E-state index contributed by atoms with van der Waals surface area (Å²) in [4.78, 5) is 25.0. The number of phenols is 1. The van der Waals surface area contributed by atoms with Crippen LogP contribution in [0.5, 0.6) is 5.75 Å². The Labute approximate surface area is 141 Å². The van der Waals surface area contributed by atoms with Gasteiger partial charge in [-0.1, -0.05) is 18.2 Å². The summed E-state index contributed by atoms with van der Waals surface area (Å²) in [5, 5.41) is 25.0. The highest BCUT2D eigenvalue weighted by atomic mass is 16.6. The second-order valence-electron chi connectivity index (χ2n) is 5.33. The highest BCUT2D eigenvalue weighted by Crippen LogP contribution is 2.25. The summed E-state index contributed by atoms with van der Waals surface area (Å²) < 4.78 is 0. The summed E-state index contributed by atoms with van der Waals surface area (Å²) in [5.41, 5.74) is 4.24. The van der Waals surface area contributed by atoms with E-state index >= 15 is 0 Å². The molecule has 0 radical (unpaired) electrons. The average molecular weight is 338 g/mol. The molecule has 8 heteroatoms. The molecule has 0 saturated heterocycles. The Morgan fingerprint density at radius 1 is 1.32 bits per heavy atom. The second kappa shape index (κ2) is 6.83. The van der Waals surface area contributed by atoms with Crippen LogP contribution >= 0.6 is 0 Å². The molecule has 3 N–H and O–H groups in total. The van der Waals surface area contributed by atoms with E-state index in [2.05, 4.69) is 15.5 Å². The fourth-order valence-electron chi connectivity index (χ4n) is 2.44. The summed E-state index contributed by atoms with van der Waals surface area (Å²) in [5.74, 6) is -0.758. The van der Waals surface area contributed by atoms with Crippen molar-refractivity contribution in [2.45, 2.75) is 6.42 Å². The molecular weight excluding hydrogens is 324 g/mol. The number of aromatic hydroxyl groups is 1. The average Bonchev–Trinajstić information content (AvgIpc) is 2.98. The molecule has 126 valence electrons. The Kier molecular flexibility index (Phi) is 4.42. The van der Waals surface area contributed by atoms with E-state index in [9.17, 15) is 20.0 Å². The van der Waals surface area contributed by atoms with Gasteiger partial charge in [0.25, 0.3) is 0 Å². The number of amides is 1. The van der Waals surface area contributed by atoms with Gasteiger partial charge in [-0.3, -0.25) is 14.9 Å². The van der Waals surface area contributed by atoms with Gasteiger partial charge < -0.3 is 10.1 Å². The molecule has 2 aromatic carbocycles. The summed E-state index contributed by atoms with van der Waals surface area (Å²) >= 11 is 0. The van der Waals surface area contributed by atoms with Crippen LogP contribution in [0.25, 0.3) is 10.9 Å². The maximum absolute atomic E-state index is 12.0. The second-order valence-corrected chi connectivity index (χ2v) is 5.33. The number of hydrazone groups is 1. The van der Waals surface area contributed by atoms with Crippen molar-refractivity contribution in [3.63, 3.8) is 0 Å². The van der Waals surface area contributed by atoms with Crippen LogP contribution in [0.1, 0.15) is 11.1 Å². The predicted molar refractivity (Wildman–Crippen MR) is 92.5 cm³/mol. The van der Waals surface area contributed by atoms with Gasteiger partial charge in [-0.05, 0) is 29.3 Å². The van der Waals surface area contributed by atoms with Gasteiger partial charge in [0.15, 0.2) is 5.75 Å². The molecule has 1 amide bonds. The highest BCUT2D eigenvalue weighted by Gasteiger charge is 2.12. The Bertz CT molecular complexity index is 978. The van der Waals surface area contributed by atoms with Crippen LogP contribution in [0, 0.1) is 10.1 Å². The number of aromatic amines is 1. The summed E-state index contributed by atoms with van der Waals surface area (Å²) in [7, 11) is 0. The first-order chi connectivity index (χ1) is 12.0. The van der Waals surface area contributed by atoms with E-state index < -0.39 is 10.7 Å². The molecule has 3 rings (SSSR count). The van der Waals surface area contributed by atoms with Crippen molar-refractivity contribution in [2.24, 2.45) is 5.10 Å². The minimum absolute atomic E-state index is 0.160. The number of nitro benzene ring substituents is 1. The van der Waals surface area contributed by atoms with E-state index in [1.54, 1.807) is 6.20 Å². The van der Waals surface area contributed by atoms with E-state index in [1.165, 1.54) is 24.4 Å². The Balaban J connectivity index is 1.63. The van der Waals surface area contributed by atoms with Gasteiger partial charge in [0, 0.05) is 23.2 Å². The van der Waals surface area contributed by atoms with Crippen molar-refractivity contribution >= 4 is 28.7 Å². The van der Waals surface area contributed by atoms with Crippen molar-refractivity contribution in [3.05, 3.63) is 69.9 Å². The lowest BCUT2D eigenvalue weighted by Gasteiger charge is -2.00. The van der Waals surface area contributed by atoms with Gasteiger partial charge >= 0.3 is 5.69 Å². The molecule has 8 nitrogen and oxygen atoms in total. The molecule has 1 aromatic heterocycles. The van der Waals surface area contributed by atoms with Crippen LogP contribution < -0.4 is 5.43 Å². The lowest BCUT2D eigenvalue weighted by Crippen LogP contribution is -2.19. The maximum atomic E-state index is 12.0. The zero-order chi connectivity index (χ0) is 17.8. The molecule has 0 aliphatic carbocycles. The molecule has 0 spiro atoms. The molecule has 0 bridgehead atoms. The summed E-state index contributed by atoms with van der Waals surface area (Å²) in [6, 6.07) is 11.5. The van der Waals surface area contributed by atoms with Crippen LogP contribution in [0.2, 0.25) is 0 Å². The Morgan fingerprint density at radius 3 is 2.88 bits per heavy atom. The number of fused-ring (bicyclic) bond motifs is 1. The van der Waals surface area contributed by atoms with Gasteiger partial charge in [-0.2, -0.15) is 5.10 Å². The van der Waals surface area contributed by atoms with Crippen molar-refractivity contribution in [3.8, 4) is 5.75 Å². The van der Waals surface area contributed by atoms with E-state index in [0.717, 1.165) is 16.5 Å². The number of benzene rings is 2. The lowest BCUT2D eigenvalue weighted by molar-refractivity contribution is -0.385. The van der Waals surface area contributed by atoms with Crippen LogP contribution in [0.4, 0.5) is 5.69 Å². The number of carbonyl (C=O) groups is 1. The smallest absolute Gasteiger partial charge is 0.310 e. The third kappa shape index (κ3) is 3.63. The maximum Gasteiger partial charge on any atom is 0.310 e. The first-order valence-electron chi connectivity index (χ1n) is 7.39. The van der Waals surface area contributed by atoms with Crippen molar-refractivity contribution < 1.29 is 14.8 Å². The molecule has 3 aromatic rings. The number of aromatic nitrogens is 1. The van der Waals surface area contributed by atoms with Gasteiger partial charge in [-0.15, -0.1) is 0 Å². The van der Waals surface area contributed by atoms with Gasteiger partial charge in [0.2, 0.25) is 5.91 Å². The highest BCUT2D eigenvalue weighted by molar-refractivity contribution is 5.89. The van der Waals surface area contributed by atoms with Gasteiger partial charge in [0.1, 0.15) is 0 Å². The van der Waals surface area contributed by atoms with E-state index in [0.29, 0.717) is 5.56 Å². The number of H-pyrrole nitrogens is 1. The van der Waals surface area contributed by atoms with E-state index in [1.807, 2.05) is 24.3 Å². The van der Waals surface area contributed by atoms with Gasteiger partial charge in [0.05, 0.1) is 17.6 Å². The standard InChI is InChI=1S/C17H14N4O4/c22-16-7-11(5-6-15(16)21(24)25)9-19-20-17(23)8-12-10-18-14-4-2-1-3-13(12)14/h1-7,9-10,18,22H,8H2,(H,20,23)/b19-9+. The molecule has 0 unspecified atom stereocenters. The first kappa shape index (κ1) is 16.2. The van der Waals surface area contributed by atoms with E-state index in [-0.39, 0.29) is 18.0 Å². The predicted octanol–water partition coefficient (Wildman–Crippen LogP) is 2.47. The number of phenolic OH excluding ortho intramolecular Hbond substituents is 1. The largest absolute Gasteiger partial charge is 0.502 e.